The van der Waals surface area contributed by atoms with E-state index in [-0.39, 0.29) is 12.5 Å². The molecule has 0 bridgehead atoms. The minimum atomic E-state index is -0.537. The molecule has 0 spiro atoms. The number of amides is 1. The molecule has 1 amide bonds. The summed E-state index contributed by atoms with van der Waals surface area (Å²) in [7, 11) is 0. The fourth-order valence-electron chi connectivity index (χ4n) is 2.57. The van der Waals surface area contributed by atoms with Crippen LogP contribution in [-0.2, 0) is 16.0 Å². The SMILES string of the molecule is CCCCOc1ccc(C(=O)OCC(=O)Nc2ccc(CCCC)cc2)cc1. The molecule has 0 aliphatic heterocycles. The third-order valence-electron chi connectivity index (χ3n) is 4.25. The maximum absolute atomic E-state index is 12.1. The average molecular weight is 383 g/mol. The number of nitrogens with one attached hydrogen (secondary N) is 1. The zero-order valence-electron chi connectivity index (χ0n) is 16.7. The number of carbonyl (C=O) groups is 2. The second kappa shape index (κ2) is 11.8. The van der Waals surface area contributed by atoms with E-state index in [1.807, 2.05) is 24.3 Å². The molecule has 0 saturated carbocycles. The number of benzene rings is 2. The van der Waals surface area contributed by atoms with Crippen LogP contribution in [0.15, 0.2) is 48.5 Å². The van der Waals surface area contributed by atoms with E-state index >= 15 is 0 Å². The molecule has 28 heavy (non-hydrogen) atoms. The van der Waals surface area contributed by atoms with E-state index in [9.17, 15) is 9.59 Å². The van der Waals surface area contributed by atoms with Crippen LogP contribution in [0.3, 0.4) is 0 Å². The van der Waals surface area contributed by atoms with Gasteiger partial charge in [0.05, 0.1) is 12.2 Å². The van der Waals surface area contributed by atoms with Crippen molar-refractivity contribution < 1.29 is 19.1 Å². The highest BCUT2D eigenvalue weighted by molar-refractivity contribution is 5.95. The zero-order valence-corrected chi connectivity index (χ0v) is 16.7. The Morgan fingerprint density at radius 1 is 0.893 bits per heavy atom. The molecule has 0 fully saturated rings. The van der Waals surface area contributed by atoms with Crippen LogP contribution in [0.4, 0.5) is 5.69 Å². The predicted molar refractivity (Wildman–Crippen MR) is 111 cm³/mol. The summed E-state index contributed by atoms with van der Waals surface area (Å²) in [6.07, 6.45) is 5.38. The van der Waals surface area contributed by atoms with Crippen molar-refractivity contribution >= 4 is 17.6 Å². The van der Waals surface area contributed by atoms with Crippen LogP contribution in [0.1, 0.15) is 55.5 Å². The van der Waals surface area contributed by atoms with Crippen LogP contribution < -0.4 is 10.1 Å². The number of hydrogen-bond donors (Lipinski definition) is 1. The summed E-state index contributed by atoms with van der Waals surface area (Å²) >= 11 is 0. The smallest absolute Gasteiger partial charge is 0.338 e. The van der Waals surface area contributed by atoms with E-state index in [1.165, 1.54) is 5.56 Å². The Kier molecular flexibility index (Phi) is 9.05. The Morgan fingerprint density at radius 2 is 1.57 bits per heavy atom. The maximum Gasteiger partial charge on any atom is 0.338 e. The standard InChI is InChI=1S/C23H29NO4/c1-3-5-7-18-8-12-20(13-9-18)24-22(25)17-28-23(26)19-10-14-21(15-11-19)27-16-6-4-2/h8-15H,3-7,16-17H2,1-2H3,(H,24,25). The van der Waals surface area contributed by atoms with Crippen molar-refractivity contribution in [3.63, 3.8) is 0 Å². The first kappa shape index (κ1) is 21.5. The summed E-state index contributed by atoms with van der Waals surface area (Å²) in [6, 6.07) is 14.5. The van der Waals surface area contributed by atoms with E-state index in [2.05, 4.69) is 19.2 Å². The molecular formula is C23H29NO4. The molecule has 0 heterocycles. The normalized spacial score (nSPS) is 10.4. The molecule has 150 valence electrons. The number of unbranched alkanes of at least 4 members (excludes halogenated alkanes) is 2. The molecule has 0 aromatic heterocycles. The van der Waals surface area contributed by atoms with Crippen molar-refractivity contribution in [1.29, 1.82) is 0 Å². The quantitative estimate of drug-likeness (QED) is 0.438. The maximum atomic E-state index is 12.1. The van der Waals surface area contributed by atoms with Gasteiger partial charge in [-0.15, -0.1) is 0 Å². The molecule has 0 saturated heterocycles. The summed E-state index contributed by atoms with van der Waals surface area (Å²) in [4.78, 5) is 24.1. The number of aryl methyl sites for hydroxylation is 1. The monoisotopic (exact) mass is 383 g/mol. The molecule has 0 atom stereocenters. The van der Waals surface area contributed by atoms with E-state index in [1.54, 1.807) is 24.3 Å². The Balaban J connectivity index is 1.76. The Hall–Kier alpha value is -2.82. The Labute approximate surface area is 167 Å². The third-order valence-corrected chi connectivity index (χ3v) is 4.25. The zero-order chi connectivity index (χ0) is 20.2. The lowest BCUT2D eigenvalue weighted by Gasteiger charge is -2.08. The second-order valence-electron chi connectivity index (χ2n) is 6.65. The van der Waals surface area contributed by atoms with Crippen molar-refractivity contribution in [2.45, 2.75) is 46.0 Å². The molecule has 0 radical (unpaired) electrons. The molecule has 2 aromatic carbocycles. The van der Waals surface area contributed by atoms with Crippen molar-refractivity contribution in [1.82, 2.24) is 0 Å². The number of rotatable bonds is 11. The largest absolute Gasteiger partial charge is 0.494 e. The number of anilines is 1. The van der Waals surface area contributed by atoms with Gasteiger partial charge < -0.3 is 14.8 Å². The van der Waals surface area contributed by atoms with Crippen LogP contribution >= 0.6 is 0 Å². The van der Waals surface area contributed by atoms with Gasteiger partial charge in [-0.1, -0.05) is 38.8 Å². The first-order valence-corrected chi connectivity index (χ1v) is 9.91. The van der Waals surface area contributed by atoms with Gasteiger partial charge in [0, 0.05) is 5.69 Å². The van der Waals surface area contributed by atoms with Crippen LogP contribution in [-0.4, -0.2) is 25.1 Å². The second-order valence-corrected chi connectivity index (χ2v) is 6.65. The van der Waals surface area contributed by atoms with E-state index < -0.39 is 5.97 Å². The van der Waals surface area contributed by atoms with Gasteiger partial charge >= 0.3 is 5.97 Å². The highest BCUT2D eigenvalue weighted by Crippen LogP contribution is 2.14. The van der Waals surface area contributed by atoms with Crippen LogP contribution in [0.5, 0.6) is 5.75 Å². The number of ether oxygens (including phenoxy) is 2. The minimum Gasteiger partial charge on any atom is -0.494 e. The molecule has 2 aromatic rings. The number of carbonyl (C=O) groups excluding carboxylic acids is 2. The molecule has 1 N–H and O–H groups in total. The van der Waals surface area contributed by atoms with E-state index in [0.717, 1.165) is 32.1 Å². The van der Waals surface area contributed by atoms with Crippen LogP contribution in [0.2, 0.25) is 0 Å². The van der Waals surface area contributed by atoms with Crippen LogP contribution in [0.25, 0.3) is 0 Å². The molecule has 5 heteroatoms. The molecular weight excluding hydrogens is 354 g/mol. The molecule has 0 unspecified atom stereocenters. The third kappa shape index (κ3) is 7.43. The van der Waals surface area contributed by atoms with Crippen molar-refractivity contribution in [3.05, 3.63) is 59.7 Å². The molecule has 0 aliphatic rings. The molecule has 0 aliphatic carbocycles. The minimum absolute atomic E-state index is 0.328. The summed E-state index contributed by atoms with van der Waals surface area (Å²) < 4.78 is 10.6. The van der Waals surface area contributed by atoms with Gasteiger partial charge in [-0.05, 0) is 61.2 Å². The van der Waals surface area contributed by atoms with E-state index in [0.29, 0.717) is 23.6 Å². The van der Waals surface area contributed by atoms with Gasteiger partial charge in [-0.25, -0.2) is 4.79 Å². The fourth-order valence-corrected chi connectivity index (χ4v) is 2.57. The van der Waals surface area contributed by atoms with Crippen molar-refractivity contribution in [2.75, 3.05) is 18.5 Å². The topological polar surface area (TPSA) is 64.6 Å². The fraction of sp³-hybridized carbons (Fsp3) is 0.391. The first-order valence-electron chi connectivity index (χ1n) is 9.91. The Bertz CT molecular complexity index is 738. The predicted octanol–water partition coefficient (Wildman–Crippen LogP) is 5.00. The lowest BCUT2D eigenvalue weighted by atomic mass is 10.1. The lowest BCUT2D eigenvalue weighted by molar-refractivity contribution is -0.119. The number of hydrogen-bond acceptors (Lipinski definition) is 4. The summed E-state index contributed by atoms with van der Waals surface area (Å²) in [5.41, 5.74) is 2.32. The molecule has 5 nitrogen and oxygen atoms in total. The summed E-state index contributed by atoms with van der Waals surface area (Å²) in [5, 5.41) is 2.73. The number of esters is 1. The van der Waals surface area contributed by atoms with Gasteiger partial charge in [-0.3, -0.25) is 4.79 Å². The highest BCUT2D eigenvalue weighted by Gasteiger charge is 2.11. The van der Waals surface area contributed by atoms with Gasteiger partial charge in [0.2, 0.25) is 0 Å². The van der Waals surface area contributed by atoms with E-state index in [4.69, 9.17) is 9.47 Å². The van der Waals surface area contributed by atoms with Gasteiger partial charge in [0.15, 0.2) is 6.61 Å². The first-order chi connectivity index (χ1) is 13.6. The highest BCUT2D eigenvalue weighted by atomic mass is 16.5. The van der Waals surface area contributed by atoms with Crippen molar-refractivity contribution in [2.24, 2.45) is 0 Å². The van der Waals surface area contributed by atoms with Crippen molar-refractivity contribution in [3.8, 4) is 5.75 Å². The summed E-state index contributed by atoms with van der Waals surface area (Å²) in [6.45, 7) is 4.58. The van der Waals surface area contributed by atoms with Gasteiger partial charge in [0.1, 0.15) is 5.75 Å². The Morgan fingerprint density at radius 3 is 2.21 bits per heavy atom. The van der Waals surface area contributed by atoms with Crippen LogP contribution in [0, 0.1) is 0 Å². The molecule has 2 rings (SSSR count). The lowest BCUT2D eigenvalue weighted by Crippen LogP contribution is -2.20. The summed E-state index contributed by atoms with van der Waals surface area (Å²) in [5.74, 6) is -0.190. The van der Waals surface area contributed by atoms with Gasteiger partial charge in [0.25, 0.3) is 5.91 Å². The average Bonchev–Trinajstić information content (AvgIpc) is 2.72. The van der Waals surface area contributed by atoms with Gasteiger partial charge in [-0.2, -0.15) is 0 Å².